The number of benzene rings is 2. The molecule has 0 nitrogen and oxygen atoms in total. The highest BCUT2D eigenvalue weighted by molar-refractivity contribution is 5.55. The monoisotopic (exact) mass is 394 g/mol. The molecule has 0 amide bonds. The number of hydrogen-bond donors (Lipinski definition) is 0. The van der Waals surface area contributed by atoms with Gasteiger partial charge in [-0.15, -0.1) is 0 Å². The molecule has 5 rings (SSSR count). The summed E-state index contributed by atoms with van der Waals surface area (Å²) in [7, 11) is 0. The average Bonchev–Trinajstić information content (AvgIpc) is 2.72. The summed E-state index contributed by atoms with van der Waals surface area (Å²) in [6, 6.07) is 11.4. The summed E-state index contributed by atoms with van der Waals surface area (Å²) >= 11 is 0. The molecule has 0 radical (unpaired) electrons. The molecule has 2 bridgehead atoms. The first-order valence-electron chi connectivity index (χ1n) is 10.1. The van der Waals surface area contributed by atoms with Crippen LogP contribution < -0.4 is 0 Å². The number of rotatable bonds is 4. The molecule has 150 valence electrons. The van der Waals surface area contributed by atoms with Crippen molar-refractivity contribution in [2.24, 2.45) is 10.8 Å². The molecule has 2 aromatic rings. The third-order valence-corrected chi connectivity index (χ3v) is 6.54. The summed E-state index contributed by atoms with van der Waals surface area (Å²) in [5, 5.41) is 0. The SMILES string of the molecule is Cc1ccc(/C=C/C23C=C(F)C(/C=C/c4ccc(C)c(F)c4F)(CC2)CC3)cc1. The lowest BCUT2D eigenvalue weighted by molar-refractivity contribution is 0.153. The van der Waals surface area contributed by atoms with Crippen LogP contribution in [0.4, 0.5) is 13.2 Å². The van der Waals surface area contributed by atoms with E-state index in [2.05, 4.69) is 43.3 Å². The molecule has 3 aliphatic carbocycles. The Bertz CT molecular complexity index is 1000. The minimum Gasteiger partial charge on any atom is -0.211 e. The van der Waals surface area contributed by atoms with Gasteiger partial charge in [0.1, 0.15) is 5.83 Å². The zero-order valence-electron chi connectivity index (χ0n) is 16.8. The summed E-state index contributed by atoms with van der Waals surface area (Å²) in [6.45, 7) is 3.58. The molecule has 29 heavy (non-hydrogen) atoms. The zero-order valence-corrected chi connectivity index (χ0v) is 16.8. The van der Waals surface area contributed by atoms with Crippen molar-refractivity contribution < 1.29 is 13.2 Å². The average molecular weight is 394 g/mol. The van der Waals surface area contributed by atoms with E-state index < -0.39 is 17.0 Å². The molecule has 0 aliphatic heterocycles. The molecular formula is C26H25F3. The summed E-state index contributed by atoms with van der Waals surface area (Å²) in [6.07, 6.45) is 12.2. The fourth-order valence-corrected chi connectivity index (χ4v) is 4.38. The molecule has 0 atom stereocenters. The van der Waals surface area contributed by atoms with Gasteiger partial charge in [0.15, 0.2) is 11.6 Å². The van der Waals surface area contributed by atoms with Crippen LogP contribution in [-0.2, 0) is 0 Å². The lowest BCUT2D eigenvalue weighted by Crippen LogP contribution is -2.37. The minimum atomic E-state index is -0.871. The lowest BCUT2D eigenvalue weighted by Gasteiger charge is -2.47. The summed E-state index contributed by atoms with van der Waals surface area (Å²) in [5.41, 5.74) is 1.79. The Hall–Kier alpha value is -2.55. The maximum Gasteiger partial charge on any atom is 0.166 e. The number of fused-ring (bicyclic) bond motifs is 2. The van der Waals surface area contributed by atoms with E-state index in [0.29, 0.717) is 12.8 Å². The van der Waals surface area contributed by atoms with Gasteiger partial charge in [-0.05, 0) is 56.7 Å². The Morgan fingerprint density at radius 2 is 1.45 bits per heavy atom. The Morgan fingerprint density at radius 1 is 0.759 bits per heavy atom. The molecule has 0 saturated heterocycles. The minimum absolute atomic E-state index is 0.159. The summed E-state index contributed by atoms with van der Waals surface area (Å²) in [5.74, 6) is -1.87. The first-order chi connectivity index (χ1) is 13.8. The molecule has 0 aromatic heterocycles. The predicted molar refractivity (Wildman–Crippen MR) is 113 cm³/mol. The van der Waals surface area contributed by atoms with E-state index in [9.17, 15) is 8.78 Å². The molecule has 1 saturated carbocycles. The maximum atomic E-state index is 15.1. The Morgan fingerprint density at radius 3 is 2.10 bits per heavy atom. The van der Waals surface area contributed by atoms with Crippen LogP contribution in [0.1, 0.15) is 47.9 Å². The van der Waals surface area contributed by atoms with Crippen molar-refractivity contribution in [1.82, 2.24) is 0 Å². The van der Waals surface area contributed by atoms with Gasteiger partial charge < -0.3 is 0 Å². The van der Waals surface area contributed by atoms with Crippen LogP contribution in [-0.4, -0.2) is 0 Å². The Balaban J connectivity index is 1.57. The van der Waals surface area contributed by atoms with E-state index in [4.69, 9.17) is 0 Å². The second-order valence-corrected chi connectivity index (χ2v) is 8.56. The zero-order chi connectivity index (χ0) is 20.6. The van der Waals surface area contributed by atoms with E-state index in [1.807, 2.05) is 0 Å². The van der Waals surface area contributed by atoms with Crippen LogP contribution in [0.15, 0.2) is 60.5 Å². The van der Waals surface area contributed by atoms with Crippen molar-refractivity contribution >= 4 is 12.2 Å². The van der Waals surface area contributed by atoms with Crippen LogP contribution in [0.25, 0.3) is 12.2 Å². The highest BCUT2D eigenvalue weighted by atomic mass is 19.2. The number of aryl methyl sites for hydroxylation is 2. The molecule has 1 fully saturated rings. The second-order valence-electron chi connectivity index (χ2n) is 8.56. The molecule has 3 aliphatic rings. The van der Waals surface area contributed by atoms with Gasteiger partial charge >= 0.3 is 0 Å². The smallest absolute Gasteiger partial charge is 0.166 e. The lowest BCUT2D eigenvalue weighted by atomic mass is 9.57. The normalized spacial score (nSPS) is 26.4. The van der Waals surface area contributed by atoms with E-state index in [1.165, 1.54) is 18.6 Å². The molecule has 0 N–H and O–H groups in total. The number of halogens is 3. The predicted octanol–water partition coefficient (Wildman–Crippen LogP) is 7.72. The number of allylic oxidation sites excluding steroid dienone is 4. The first-order valence-corrected chi connectivity index (χ1v) is 10.1. The van der Waals surface area contributed by atoms with Gasteiger partial charge in [-0.25, -0.2) is 13.2 Å². The second kappa shape index (κ2) is 7.37. The fraction of sp³-hybridized carbons (Fsp3) is 0.308. The van der Waals surface area contributed by atoms with Crippen molar-refractivity contribution in [1.29, 1.82) is 0 Å². The third kappa shape index (κ3) is 3.71. The molecule has 3 heteroatoms. The largest absolute Gasteiger partial charge is 0.211 e. The van der Waals surface area contributed by atoms with Gasteiger partial charge in [-0.2, -0.15) is 0 Å². The maximum absolute atomic E-state index is 15.1. The van der Waals surface area contributed by atoms with E-state index >= 15 is 4.39 Å². The highest BCUT2D eigenvalue weighted by Gasteiger charge is 2.47. The standard InChI is InChI=1S/C26H25F3/c1-18-3-6-20(7-4-18)9-11-25-13-15-26(16-14-25,22(27)17-25)12-10-21-8-5-19(2)23(28)24(21)29/h3-12,17H,13-16H2,1-2H3/b11-9+,12-10+. The van der Waals surface area contributed by atoms with Gasteiger partial charge in [0.05, 0.1) is 0 Å². The Kier molecular flexibility index (Phi) is 5.02. The van der Waals surface area contributed by atoms with E-state index in [0.717, 1.165) is 18.4 Å². The van der Waals surface area contributed by atoms with Crippen LogP contribution in [0.2, 0.25) is 0 Å². The highest BCUT2D eigenvalue weighted by Crippen LogP contribution is 2.58. The van der Waals surface area contributed by atoms with Crippen molar-refractivity contribution in [3.05, 3.63) is 94.3 Å². The quantitative estimate of drug-likeness (QED) is 0.498. The molecule has 2 aromatic carbocycles. The van der Waals surface area contributed by atoms with Crippen LogP contribution in [0.3, 0.4) is 0 Å². The van der Waals surface area contributed by atoms with Gasteiger partial charge in [0, 0.05) is 16.4 Å². The van der Waals surface area contributed by atoms with Crippen LogP contribution in [0.5, 0.6) is 0 Å². The molecule has 0 heterocycles. The topological polar surface area (TPSA) is 0 Å². The molecule has 0 unspecified atom stereocenters. The Labute approximate surface area is 170 Å². The van der Waals surface area contributed by atoms with Crippen molar-refractivity contribution in [2.75, 3.05) is 0 Å². The summed E-state index contributed by atoms with van der Waals surface area (Å²) in [4.78, 5) is 0. The van der Waals surface area contributed by atoms with Crippen LogP contribution in [0, 0.1) is 36.3 Å². The van der Waals surface area contributed by atoms with Gasteiger partial charge in [0.2, 0.25) is 0 Å². The van der Waals surface area contributed by atoms with Gasteiger partial charge in [0.25, 0.3) is 0 Å². The molecule has 0 spiro atoms. The summed E-state index contributed by atoms with van der Waals surface area (Å²) < 4.78 is 43.1. The van der Waals surface area contributed by atoms with E-state index in [-0.39, 0.29) is 22.4 Å². The van der Waals surface area contributed by atoms with Crippen molar-refractivity contribution in [3.63, 3.8) is 0 Å². The van der Waals surface area contributed by atoms with Crippen molar-refractivity contribution in [2.45, 2.75) is 39.5 Å². The van der Waals surface area contributed by atoms with Gasteiger partial charge in [-0.1, -0.05) is 66.3 Å². The van der Waals surface area contributed by atoms with Crippen LogP contribution >= 0.6 is 0 Å². The third-order valence-electron chi connectivity index (χ3n) is 6.54. The van der Waals surface area contributed by atoms with Gasteiger partial charge in [-0.3, -0.25) is 0 Å². The number of hydrogen-bond acceptors (Lipinski definition) is 0. The molecular weight excluding hydrogens is 369 g/mol. The fourth-order valence-electron chi connectivity index (χ4n) is 4.38. The van der Waals surface area contributed by atoms with Crippen molar-refractivity contribution in [3.8, 4) is 0 Å². The van der Waals surface area contributed by atoms with E-state index in [1.54, 1.807) is 24.3 Å². The first kappa shape index (κ1) is 19.8.